The van der Waals surface area contributed by atoms with E-state index in [1.165, 1.54) is 0 Å². The minimum atomic E-state index is -0.0279. The second-order valence-corrected chi connectivity index (χ2v) is 6.43. The lowest BCUT2D eigenvalue weighted by Crippen LogP contribution is -2.25. The van der Waals surface area contributed by atoms with Crippen LogP contribution in [0.4, 0.5) is 11.4 Å². The number of hydrogen-bond acceptors (Lipinski definition) is 3. The Bertz CT molecular complexity index is 1020. The standard InChI is InChI=1S/C21H20N4O/c22-17-9-5-15(6-10-17)13-24-19-3-1-2-4-20(19)25(21(24)26)14-16-7-11-18(23)12-8-16/h1-12H,13-14,22-23H2. The Labute approximate surface area is 151 Å². The summed E-state index contributed by atoms with van der Waals surface area (Å²) >= 11 is 0. The molecule has 0 bridgehead atoms. The van der Waals surface area contributed by atoms with Crippen molar-refractivity contribution < 1.29 is 0 Å². The third-order valence-corrected chi connectivity index (χ3v) is 4.57. The first-order valence-corrected chi connectivity index (χ1v) is 8.49. The Kier molecular flexibility index (Phi) is 3.97. The molecule has 4 aromatic rings. The van der Waals surface area contributed by atoms with Crippen LogP contribution in [0.25, 0.3) is 11.0 Å². The minimum Gasteiger partial charge on any atom is -0.399 e. The van der Waals surface area contributed by atoms with Gasteiger partial charge in [0.15, 0.2) is 0 Å². The molecule has 0 saturated carbocycles. The molecule has 0 radical (unpaired) electrons. The molecule has 0 aliphatic rings. The number of imidazole rings is 1. The summed E-state index contributed by atoms with van der Waals surface area (Å²) in [5.41, 5.74) is 16.8. The molecule has 0 aliphatic heterocycles. The van der Waals surface area contributed by atoms with E-state index in [9.17, 15) is 4.79 Å². The summed E-state index contributed by atoms with van der Waals surface area (Å²) in [5.74, 6) is 0. The number of benzene rings is 3. The molecule has 0 aliphatic carbocycles. The summed E-state index contributed by atoms with van der Waals surface area (Å²) in [7, 11) is 0. The van der Waals surface area contributed by atoms with Crippen molar-refractivity contribution in [3.05, 3.63) is 94.4 Å². The summed E-state index contributed by atoms with van der Waals surface area (Å²) in [6.07, 6.45) is 0. The fraction of sp³-hybridized carbons (Fsp3) is 0.0952. The van der Waals surface area contributed by atoms with E-state index in [1.54, 1.807) is 9.13 Å². The molecule has 0 fully saturated rings. The van der Waals surface area contributed by atoms with Crippen LogP contribution in [0.2, 0.25) is 0 Å². The fourth-order valence-corrected chi connectivity index (χ4v) is 3.19. The maximum Gasteiger partial charge on any atom is 0.329 e. The molecule has 0 saturated heterocycles. The number of nitrogens with two attached hydrogens (primary N) is 2. The van der Waals surface area contributed by atoms with Gasteiger partial charge < -0.3 is 11.5 Å². The molecular formula is C21H20N4O. The Balaban J connectivity index is 1.79. The van der Waals surface area contributed by atoms with Crippen molar-refractivity contribution >= 4 is 22.4 Å². The van der Waals surface area contributed by atoms with Crippen molar-refractivity contribution in [2.45, 2.75) is 13.1 Å². The average molecular weight is 344 g/mol. The molecule has 0 unspecified atom stereocenters. The molecule has 5 heteroatoms. The lowest BCUT2D eigenvalue weighted by Gasteiger charge is -2.05. The number of fused-ring (bicyclic) bond motifs is 1. The highest BCUT2D eigenvalue weighted by molar-refractivity contribution is 5.76. The van der Waals surface area contributed by atoms with Crippen LogP contribution in [0, 0.1) is 0 Å². The number of hydrogen-bond donors (Lipinski definition) is 2. The second-order valence-electron chi connectivity index (χ2n) is 6.43. The highest BCUT2D eigenvalue weighted by Gasteiger charge is 2.13. The highest BCUT2D eigenvalue weighted by Crippen LogP contribution is 2.17. The average Bonchev–Trinajstić information content (AvgIpc) is 2.91. The number of aromatic nitrogens is 2. The fourth-order valence-electron chi connectivity index (χ4n) is 3.19. The molecule has 0 spiro atoms. The van der Waals surface area contributed by atoms with Crippen LogP contribution in [0.15, 0.2) is 77.6 Å². The first-order valence-electron chi connectivity index (χ1n) is 8.49. The number of rotatable bonds is 4. The third kappa shape index (κ3) is 2.95. The van der Waals surface area contributed by atoms with E-state index in [4.69, 9.17) is 11.5 Å². The van der Waals surface area contributed by atoms with Crippen LogP contribution in [-0.2, 0) is 13.1 Å². The van der Waals surface area contributed by atoms with Crippen molar-refractivity contribution in [3.8, 4) is 0 Å². The summed E-state index contributed by atoms with van der Waals surface area (Å²) < 4.78 is 3.61. The van der Waals surface area contributed by atoms with Crippen LogP contribution in [0.3, 0.4) is 0 Å². The van der Waals surface area contributed by atoms with E-state index in [-0.39, 0.29) is 5.69 Å². The first-order chi connectivity index (χ1) is 12.6. The number of para-hydroxylation sites is 2. The molecule has 0 amide bonds. The highest BCUT2D eigenvalue weighted by atomic mass is 16.1. The van der Waals surface area contributed by atoms with Gasteiger partial charge in [-0.3, -0.25) is 9.13 Å². The van der Waals surface area contributed by atoms with Crippen LogP contribution in [-0.4, -0.2) is 9.13 Å². The Hall–Kier alpha value is -3.47. The Morgan fingerprint density at radius 2 is 1.00 bits per heavy atom. The van der Waals surface area contributed by atoms with Crippen molar-refractivity contribution in [1.82, 2.24) is 9.13 Å². The van der Waals surface area contributed by atoms with Gasteiger partial charge in [-0.15, -0.1) is 0 Å². The SMILES string of the molecule is Nc1ccc(Cn2c(=O)n(Cc3ccc(N)cc3)c3ccccc32)cc1. The zero-order valence-corrected chi connectivity index (χ0v) is 14.3. The zero-order chi connectivity index (χ0) is 18.1. The summed E-state index contributed by atoms with van der Waals surface area (Å²) in [4.78, 5) is 13.1. The molecule has 1 aromatic heterocycles. The molecule has 130 valence electrons. The molecule has 26 heavy (non-hydrogen) atoms. The van der Waals surface area contributed by atoms with E-state index < -0.39 is 0 Å². The van der Waals surface area contributed by atoms with Gasteiger partial charge in [0.1, 0.15) is 0 Å². The maximum absolute atomic E-state index is 13.1. The van der Waals surface area contributed by atoms with Gasteiger partial charge in [-0.2, -0.15) is 0 Å². The Morgan fingerprint density at radius 1 is 0.615 bits per heavy atom. The summed E-state index contributed by atoms with van der Waals surface area (Å²) in [6, 6.07) is 23.1. The van der Waals surface area contributed by atoms with E-state index in [2.05, 4.69) is 0 Å². The molecule has 4 N–H and O–H groups in total. The molecule has 5 nitrogen and oxygen atoms in total. The van der Waals surface area contributed by atoms with Gasteiger partial charge in [0.25, 0.3) is 0 Å². The monoisotopic (exact) mass is 344 g/mol. The van der Waals surface area contributed by atoms with Gasteiger partial charge in [-0.1, -0.05) is 36.4 Å². The van der Waals surface area contributed by atoms with Crippen molar-refractivity contribution in [3.63, 3.8) is 0 Å². The largest absolute Gasteiger partial charge is 0.399 e. The van der Waals surface area contributed by atoms with Crippen molar-refractivity contribution in [1.29, 1.82) is 0 Å². The predicted octanol–water partition coefficient (Wildman–Crippen LogP) is 3.06. The van der Waals surface area contributed by atoms with E-state index in [1.807, 2.05) is 72.8 Å². The van der Waals surface area contributed by atoms with Crippen LogP contribution in [0.1, 0.15) is 11.1 Å². The van der Waals surface area contributed by atoms with E-state index >= 15 is 0 Å². The maximum atomic E-state index is 13.1. The molecule has 1 heterocycles. The third-order valence-electron chi connectivity index (χ3n) is 4.57. The quantitative estimate of drug-likeness (QED) is 0.559. The van der Waals surface area contributed by atoms with Gasteiger partial charge in [0, 0.05) is 11.4 Å². The smallest absolute Gasteiger partial charge is 0.329 e. The molecular weight excluding hydrogens is 324 g/mol. The molecule has 0 atom stereocenters. The lowest BCUT2D eigenvalue weighted by molar-refractivity contribution is 0.701. The zero-order valence-electron chi connectivity index (χ0n) is 14.3. The molecule has 4 rings (SSSR count). The summed E-state index contributed by atoms with van der Waals surface area (Å²) in [6.45, 7) is 1.02. The predicted molar refractivity (Wildman–Crippen MR) is 106 cm³/mol. The van der Waals surface area contributed by atoms with Gasteiger partial charge >= 0.3 is 5.69 Å². The van der Waals surface area contributed by atoms with Gasteiger partial charge in [-0.05, 0) is 47.5 Å². The second kappa shape index (κ2) is 6.44. The van der Waals surface area contributed by atoms with Crippen LogP contribution >= 0.6 is 0 Å². The number of nitrogens with zero attached hydrogens (tertiary/aromatic N) is 2. The normalized spacial score (nSPS) is 11.1. The van der Waals surface area contributed by atoms with Crippen molar-refractivity contribution in [2.24, 2.45) is 0 Å². The summed E-state index contributed by atoms with van der Waals surface area (Å²) in [5, 5.41) is 0. The van der Waals surface area contributed by atoms with Gasteiger partial charge in [0.2, 0.25) is 0 Å². The van der Waals surface area contributed by atoms with Gasteiger partial charge in [-0.25, -0.2) is 4.79 Å². The minimum absolute atomic E-state index is 0.0279. The Morgan fingerprint density at radius 3 is 1.38 bits per heavy atom. The van der Waals surface area contributed by atoms with Crippen molar-refractivity contribution in [2.75, 3.05) is 11.5 Å². The first kappa shape index (κ1) is 16.0. The topological polar surface area (TPSA) is 79.0 Å². The van der Waals surface area contributed by atoms with Gasteiger partial charge in [0.05, 0.1) is 24.1 Å². The van der Waals surface area contributed by atoms with Crippen LogP contribution < -0.4 is 17.2 Å². The lowest BCUT2D eigenvalue weighted by atomic mass is 10.2. The molecule has 3 aromatic carbocycles. The van der Waals surface area contributed by atoms with Crippen LogP contribution in [0.5, 0.6) is 0 Å². The number of anilines is 2. The van der Waals surface area contributed by atoms with E-state index in [0.29, 0.717) is 24.5 Å². The van der Waals surface area contributed by atoms with E-state index in [0.717, 1.165) is 22.2 Å². The number of nitrogen functional groups attached to an aromatic ring is 2.